The van der Waals surface area contributed by atoms with Crippen molar-refractivity contribution < 1.29 is 97.4 Å². The molecule has 3 rings (SSSR count). The van der Waals surface area contributed by atoms with Crippen molar-refractivity contribution >= 4 is 27.3 Å². The molecule has 14 heteroatoms. The van der Waals surface area contributed by atoms with Crippen molar-refractivity contribution in [2.24, 2.45) is 0 Å². The summed E-state index contributed by atoms with van der Waals surface area (Å²) in [4.78, 5) is 23.2. The van der Waals surface area contributed by atoms with Crippen molar-refractivity contribution in [1.29, 1.82) is 0 Å². The van der Waals surface area contributed by atoms with Gasteiger partial charge in [-0.2, -0.15) is 0 Å². The Morgan fingerprint density at radius 1 is 1.25 bits per heavy atom. The zero-order valence-corrected chi connectivity index (χ0v) is 21.3. The molecule has 1 saturated heterocycles. The number of aryl methyl sites for hydroxylation is 1. The van der Waals surface area contributed by atoms with Crippen LogP contribution < -0.4 is 67.1 Å². The Balaban J connectivity index is 0.00000363. The average Bonchev–Trinajstić information content (AvgIpc) is 2.65. The minimum Gasteiger partial charge on any atom is -0.726 e. The maximum Gasteiger partial charge on any atom is 1.00 e. The molecule has 1 fully saturated rings. The Bertz CT molecular complexity index is 1140. The van der Waals surface area contributed by atoms with Crippen LogP contribution in [0.15, 0.2) is 33.5 Å². The summed E-state index contributed by atoms with van der Waals surface area (Å²) in [5, 5.41) is 23.6. The molecular formula is C18H20KNO11S. The van der Waals surface area contributed by atoms with E-state index in [0.717, 1.165) is 0 Å². The second-order valence-electron chi connectivity index (χ2n) is 6.97. The third-order valence-corrected chi connectivity index (χ3v) is 5.05. The van der Waals surface area contributed by atoms with Crippen LogP contribution in [0.4, 0.5) is 0 Å². The van der Waals surface area contributed by atoms with E-state index >= 15 is 0 Å². The Morgan fingerprint density at radius 2 is 1.94 bits per heavy atom. The Morgan fingerprint density at radius 3 is 2.56 bits per heavy atom. The Hall–Kier alpha value is -0.914. The van der Waals surface area contributed by atoms with Gasteiger partial charge in [0.15, 0.2) is 0 Å². The number of rotatable bonds is 6. The van der Waals surface area contributed by atoms with Crippen molar-refractivity contribution in [3.05, 3.63) is 40.2 Å². The predicted octanol–water partition coefficient (Wildman–Crippen LogP) is -4.09. The van der Waals surface area contributed by atoms with Gasteiger partial charge in [-0.1, -0.05) is 0 Å². The predicted molar refractivity (Wildman–Crippen MR) is 102 cm³/mol. The molecule has 0 radical (unpaired) electrons. The van der Waals surface area contributed by atoms with Gasteiger partial charge in [0.05, 0.1) is 6.61 Å². The average molecular weight is 498 g/mol. The smallest absolute Gasteiger partial charge is 0.726 e. The third kappa shape index (κ3) is 6.80. The molecule has 0 aliphatic carbocycles. The van der Waals surface area contributed by atoms with Gasteiger partial charge in [-0.25, -0.2) is 13.2 Å². The number of aliphatic hydroxyl groups is 2. The van der Waals surface area contributed by atoms with Crippen molar-refractivity contribution in [1.82, 2.24) is 5.32 Å². The first-order valence-corrected chi connectivity index (χ1v) is 10.4. The fourth-order valence-corrected chi connectivity index (χ4v) is 3.52. The number of aliphatic hydroxyl groups excluding tert-OH is 2. The van der Waals surface area contributed by atoms with Gasteiger partial charge in [-0.15, -0.1) is 0 Å². The molecule has 2 heterocycles. The summed E-state index contributed by atoms with van der Waals surface area (Å²) >= 11 is 0. The van der Waals surface area contributed by atoms with Crippen LogP contribution in [0, 0.1) is 6.92 Å². The first-order chi connectivity index (χ1) is 14.4. The minimum atomic E-state index is -5.08. The maximum absolute atomic E-state index is 11.6. The second kappa shape index (κ2) is 11.0. The molecule has 1 aromatic carbocycles. The van der Waals surface area contributed by atoms with E-state index in [1.807, 2.05) is 0 Å². The van der Waals surface area contributed by atoms with Gasteiger partial charge in [0.2, 0.25) is 22.6 Å². The molecule has 0 saturated carbocycles. The fraction of sp³-hybridized carbons (Fsp3) is 0.444. The summed E-state index contributed by atoms with van der Waals surface area (Å²) in [6.07, 6.45) is -6.23. The normalized spacial score (nSPS) is 25.7. The molecule has 170 valence electrons. The van der Waals surface area contributed by atoms with Gasteiger partial charge in [0.25, 0.3) is 0 Å². The molecule has 2 aromatic rings. The largest absolute Gasteiger partial charge is 1.00 e. The molecule has 3 N–H and O–H groups in total. The van der Waals surface area contributed by atoms with Gasteiger partial charge >= 0.3 is 57.0 Å². The molecule has 0 spiro atoms. The van der Waals surface area contributed by atoms with E-state index in [1.165, 1.54) is 25.1 Å². The van der Waals surface area contributed by atoms with E-state index in [4.69, 9.17) is 13.9 Å². The maximum atomic E-state index is 11.6. The standard InChI is InChI=1S/C18H21NO11S.K/c1-8-5-14(21)29-12-6-10(3-4-11(8)12)28-18-15(19-9(2)20)17(23)16(22)13(30-18)7-27-31(24,25)26;/h3-6,13,15-18,22-23H,7H2,1-2H3,(H,19,20)(H,24,25,26);/q;+1/p-1/t13?,15-,16+,17+,18+;/m0./s1. The van der Waals surface area contributed by atoms with Crippen LogP contribution in [0.1, 0.15) is 12.5 Å². The van der Waals surface area contributed by atoms with Crippen LogP contribution in [0.25, 0.3) is 11.0 Å². The van der Waals surface area contributed by atoms with Crippen LogP contribution in [-0.4, -0.2) is 66.3 Å². The molecule has 1 aliphatic rings. The van der Waals surface area contributed by atoms with Crippen LogP contribution in [0.5, 0.6) is 5.75 Å². The summed E-state index contributed by atoms with van der Waals surface area (Å²) in [5.41, 5.74) is 0.325. The SMILES string of the molecule is CC(=O)N[C@@H]1[C@H](Oc2ccc3c(C)cc(=O)oc3c2)OC(COS(=O)(=O)[O-])[C@@H](O)[C@@H]1O.[K+]. The van der Waals surface area contributed by atoms with E-state index in [1.54, 1.807) is 13.0 Å². The molecule has 0 bridgehead atoms. The summed E-state index contributed by atoms with van der Waals surface area (Å²) in [6.45, 7) is 2.01. The van der Waals surface area contributed by atoms with E-state index in [2.05, 4.69) is 9.50 Å². The summed E-state index contributed by atoms with van der Waals surface area (Å²) < 4.78 is 52.6. The first-order valence-electron chi connectivity index (χ1n) is 9.05. The minimum absolute atomic E-state index is 0. The molecule has 1 amide bonds. The van der Waals surface area contributed by atoms with Crippen LogP contribution in [0.3, 0.4) is 0 Å². The number of fused-ring (bicyclic) bond motifs is 1. The van der Waals surface area contributed by atoms with Gasteiger partial charge in [-0.05, 0) is 24.6 Å². The number of amides is 1. The number of carbonyl (C=O) groups is 1. The first kappa shape index (κ1) is 27.3. The molecule has 5 atom stereocenters. The van der Waals surface area contributed by atoms with Crippen molar-refractivity contribution in [2.75, 3.05) is 6.61 Å². The third-order valence-electron chi connectivity index (χ3n) is 4.62. The Kier molecular flexibility index (Phi) is 9.40. The monoisotopic (exact) mass is 497 g/mol. The van der Waals surface area contributed by atoms with Crippen LogP contribution >= 0.6 is 0 Å². The zero-order valence-electron chi connectivity index (χ0n) is 17.4. The number of benzene rings is 1. The van der Waals surface area contributed by atoms with Crippen molar-refractivity contribution in [3.63, 3.8) is 0 Å². The topological polar surface area (TPSA) is 185 Å². The number of hydrogen-bond donors (Lipinski definition) is 3. The number of hydrogen-bond acceptors (Lipinski definition) is 11. The number of carbonyl (C=O) groups excluding carboxylic acids is 1. The van der Waals surface area contributed by atoms with Crippen molar-refractivity contribution in [3.8, 4) is 5.75 Å². The van der Waals surface area contributed by atoms with Gasteiger partial charge in [0, 0.05) is 24.4 Å². The fourth-order valence-electron chi connectivity index (χ4n) is 3.22. The van der Waals surface area contributed by atoms with Crippen LogP contribution in [0.2, 0.25) is 0 Å². The summed E-state index contributed by atoms with van der Waals surface area (Å²) in [5.74, 6) is -0.438. The van der Waals surface area contributed by atoms with E-state index < -0.39 is 59.2 Å². The molecule has 1 aliphatic heterocycles. The van der Waals surface area contributed by atoms with E-state index in [-0.39, 0.29) is 62.7 Å². The molecule has 32 heavy (non-hydrogen) atoms. The van der Waals surface area contributed by atoms with Gasteiger partial charge in [0.1, 0.15) is 35.7 Å². The molecular weight excluding hydrogens is 477 g/mol. The van der Waals surface area contributed by atoms with Gasteiger partial charge < -0.3 is 34.0 Å². The van der Waals surface area contributed by atoms with E-state index in [9.17, 15) is 32.8 Å². The summed E-state index contributed by atoms with van der Waals surface area (Å²) in [7, 11) is -5.08. The Labute approximate surface area is 225 Å². The second-order valence-corrected chi connectivity index (χ2v) is 8.02. The quantitative estimate of drug-likeness (QED) is 0.153. The van der Waals surface area contributed by atoms with Gasteiger partial charge in [-0.3, -0.25) is 8.98 Å². The summed E-state index contributed by atoms with van der Waals surface area (Å²) in [6, 6.07) is 4.60. The van der Waals surface area contributed by atoms with Crippen LogP contribution in [-0.2, 0) is 24.1 Å². The number of ether oxygens (including phenoxy) is 2. The van der Waals surface area contributed by atoms with E-state index in [0.29, 0.717) is 10.9 Å². The number of nitrogens with one attached hydrogen (secondary N) is 1. The molecule has 1 aromatic heterocycles. The molecule has 12 nitrogen and oxygen atoms in total. The van der Waals surface area contributed by atoms with Crippen molar-refractivity contribution in [2.45, 2.75) is 44.5 Å². The zero-order chi connectivity index (χ0) is 22.9. The molecule has 1 unspecified atom stereocenters.